The summed E-state index contributed by atoms with van der Waals surface area (Å²) in [6.45, 7) is 6.74. The van der Waals surface area contributed by atoms with E-state index in [1.54, 1.807) is 25.3 Å². The van der Waals surface area contributed by atoms with Gasteiger partial charge in [0.2, 0.25) is 15.9 Å². The Hall–Kier alpha value is -2.38. The molecule has 3 rings (SSSR count). The number of amides is 1. The van der Waals surface area contributed by atoms with E-state index in [1.165, 1.54) is 9.87 Å². The number of aryl methyl sites for hydroxylation is 1. The van der Waals surface area contributed by atoms with E-state index in [0.717, 1.165) is 11.3 Å². The van der Waals surface area contributed by atoms with Crippen LogP contribution in [0.3, 0.4) is 0 Å². The summed E-state index contributed by atoms with van der Waals surface area (Å²) in [5, 5.41) is 2.96. The lowest BCUT2D eigenvalue weighted by Gasteiger charge is -2.30. The second-order valence-electron chi connectivity index (χ2n) is 8.08. The first-order valence-electron chi connectivity index (χ1n) is 10.3. The van der Waals surface area contributed by atoms with E-state index in [9.17, 15) is 13.2 Å². The molecule has 0 saturated carbocycles. The molecule has 1 aliphatic rings. The Bertz CT molecular complexity index is 992. The Labute approximate surface area is 179 Å². The molecule has 2 aromatic carbocycles. The van der Waals surface area contributed by atoms with E-state index in [4.69, 9.17) is 4.74 Å². The Morgan fingerprint density at radius 1 is 1.10 bits per heavy atom. The minimum Gasteiger partial charge on any atom is -0.496 e. The van der Waals surface area contributed by atoms with Crippen LogP contribution in [0, 0.1) is 12.8 Å². The monoisotopic (exact) mass is 430 g/mol. The van der Waals surface area contributed by atoms with Crippen LogP contribution in [0.1, 0.15) is 43.7 Å². The number of hydrogen-bond donors (Lipinski definition) is 1. The van der Waals surface area contributed by atoms with Crippen molar-refractivity contribution >= 4 is 21.6 Å². The number of carbonyl (C=O) groups is 1. The normalized spacial score (nSPS) is 15.9. The summed E-state index contributed by atoms with van der Waals surface area (Å²) in [4.78, 5) is 12.9. The molecule has 2 aromatic rings. The van der Waals surface area contributed by atoms with Gasteiger partial charge in [-0.2, -0.15) is 4.31 Å². The molecule has 0 unspecified atom stereocenters. The van der Waals surface area contributed by atoms with E-state index in [2.05, 4.69) is 19.2 Å². The maximum atomic E-state index is 13.0. The van der Waals surface area contributed by atoms with Crippen molar-refractivity contribution in [3.8, 4) is 5.75 Å². The summed E-state index contributed by atoms with van der Waals surface area (Å²) in [6.07, 6.45) is 1.01. The van der Waals surface area contributed by atoms with Crippen LogP contribution in [0.2, 0.25) is 0 Å². The zero-order valence-corrected chi connectivity index (χ0v) is 18.8. The zero-order chi connectivity index (χ0) is 21.9. The number of nitrogens with one attached hydrogen (secondary N) is 1. The van der Waals surface area contributed by atoms with E-state index in [0.29, 0.717) is 37.6 Å². The molecular weight excluding hydrogens is 400 g/mol. The van der Waals surface area contributed by atoms with Gasteiger partial charge in [-0.3, -0.25) is 4.79 Å². The van der Waals surface area contributed by atoms with Crippen molar-refractivity contribution in [1.29, 1.82) is 0 Å². The van der Waals surface area contributed by atoms with E-state index < -0.39 is 10.0 Å². The maximum absolute atomic E-state index is 13.0. The summed E-state index contributed by atoms with van der Waals surface area (Å²) >= 11 is 0. The average molecular weight is 431 g/mol. The SMILES string of the molecule is COc1ccc(S(=O)(=O)N2CCC(C(=O)Nc3ccc(C(C)C)cc3)CC2)cc1C. The van der Waals surface area contributed by atoms with Gasteiger partial charge in [0.05, 0.1) is 12.0 Å². The fourth-order valence-corrected chi connectivity index (χ4v) is 5.27. The van der Waals surface area contributed by atoms with Crippen molar-refractivity contribution < 1.29 is 17.9 Å². The molecule has 1 saturated heterocycles. The summed E-state index contributed by atoms with van der Waals surface area (Å²) < 4.78 is 32.6. The predicted octanol–water partition coefficient (Wildman–Crippen LogP) is 4.17. The van der Waals surface area contributed by atoms with Crippen molar-refractivity contribution in [2.75, 3.05) is 25.5 Å². The average Bonchev–Trinajstić information content (AvgIpc) is 2.74. The number of sulfonamides is 1. The van der Waals surface area contributed by atoms with Crippen LogP contribution >= 0.6 is 0 Å². The second-order valence-corrected chi connectivity index (χ2v) is 10.0. The number of rotatable bonds is 6. The van der Waals surface area contributed by atoms with Crippen LogP contribution in [0.25, 0.3) is 0 Å². The molecule has 7 heteroatoms. The first-order chi connectivity index (χ1) is 14.2. The van der Waals surface area contributed by atoms with Crippen molar-refractivity contribution in [2.24, 2.45) is 5.92 Å². The lowest BCUT2D eigenvalue weighted by Crippen LogP contribution is -2.41. The maximum Gasteiger partial charge on any atom is 0.243 e. The molecule has 1 aliphatic heterocycles. The molecule has 0 radical (unpaired) electrons. The van der Waals surface area contributed by atoms with Gasteiger partial charge in [0, 0.05) is 24.7 Å². The topological polar surface area (TPSA) is 75.7 Å². The Kier molecular flexibility index (Phi) is 6.83. The van der Waals surface area contributed by atoms with Crippen molar-refractivity contribution in [3.05, 3.63) is 53.6 Å². The highest BCUT2D eigenvalue weighted by Gasteiger charge is 2.32. The number of benzene rings is 2. The number of hydrogen-bond acceptors (Lipinski definition) is 4. The summed E-state index contributed by atoms with van der Waals surface area (Å²) in [5.41, 5.74) is 2.77. The Morgan fingerprint density at radius 3 is 2.27 bits per heavy atom. The van der Waals surface area contributed by atoms with E-state index in [-0.39, 0.29) is 16.7 Å². The molecule has 0 aliphatic carbocycles. The quantitative estimate of drug-likeness (QED) is 0.746. The molecule has 0 bridgehead atoms. The number of piperidine rings is 1. The van der Waals surface area contributed by atoms with Gasteiger partial charge in [0.15, 0.2) is 0 Å². The van der Waals surface area contributed by atoms with Crippen LogP contribution in [-0.4, -0.2) is 38.8 Å². The fraction of sp³-hybridized carbons (Fsp3) is 0.435. The molecule has 1 heterocycles. The van der Waals surface area contributed by atoms with Crippen LogP contribution in [0.5, 0.6) is 5.75 Å². The molecule has 0 atom stereocenters. The molecule has 162 valence electrons. The lowest BCUT2D eigenvalue weighted by atomic mass is 9.97. The van der Waals surface area contributed by atoms with Crippen molar-refractivity contribution in [2.45, 2.75) is 44.4 Å². The van der Waals surface area contributed by atoms with Crippen LogP contribution in [-0.2, 0) is 14.8 Å². The molecule has 30 heavy (non-hydrogen) atoms. The third-order valence-corrected chi connectivity index (χ3v) is 7.57. The first-order valence-corrected chi connectivity index (χ1v) is 11.7. The van der Waals surface area contributed by atoms with Gasteiger partial charge in [0.1, 0.15) is 5.75 Å². The van der Waals surface area contributed by atoms with Gasteiger partial charge in [-0.15, -0.1) is 0 Å². The molecule has 0 aromatic heterocycles. The number of anilines is 1. The van der Waals surface area contributed by atoms with Gasteiger partial charge in [-0.05, 0) is 67.1 Å². The molecule has 1 amide bonds. The second kappa shape index (κ2) is 9.18. The number of methoxy groups -OCH3 is 1. The minimum absolute atomic E-state index is 0.0513. The summed E-state index contributed by atoms with van der Waals surface area (Å²) in [7, 11) is -2.02. The molecule has 1 N–H and O–H groups in total. The number of nitrogens with zero attached hydrogens (tertiary/aromatic N) is 1. The number of ether oxygens (including phenoxy) is 1. The minimum atomic E-state index is -3.58. The Balaban J connectivity index is 1.60. The van der Waals surface area contributed by atoms with Crippen LogP contribution < -0.4 is 10.1 Å². The smallest absolute Gasteiger partial charge is 0.243 e. The summed E-state index contributed by atoms with van der Waals surface area (Å²) in [6, 6.07) is 12.7. The van der Waals surface area contributed by atoms with Crippen molar-refractivity contribution in [1.82, 2.24) is 4.31 Å². The highest BCUT2D eigenvalue weighted by atomic mass is 32.2. The van der Waals surface area contributed by atoms with E-state index >= 15 is 0 Å². The van der Waals surface area contributed by atoms with Gasteiger partial charge in [0.25, 0.3) is 0 Å². The third kappa shape index (κ3) is 4.84. The highest BCUT2D eigenvalue weighted by molar-refractivity contribution is 7.89. The van der Waals surface area contributed by atoms with Gasteiger partial charge < -0.3 is 10.1 Å². The largest absolute Gasteiger partial charge is 0.496 e. The fourth-order valence-electron chi connectivity index (χ4n) is 3.71. The number of carbonyl (C=O) groups excluding carboxylic acids is 1. The third-order valence-electron chi connectivity index (χ3n) is 5.67. The Morgan fingerprint density at radius 2 is 1.73 bits per heavy atom. The molecule has 6 nitrogen and oxygen atoms in total. The predicted molar refractivity (Wildman–Crippen MR) is 118 cm³/mol. The van der Waals surface area contributed by atoms with Gasteiger partial charge in [-0.25, -0.2) is 8.42 Å². The van der Waals surface area contributed by atoms with Crippen LogP contribution in [0.15, 0.2) is 47.4 Å². The van der Waals surface area contributed by atoms with Gasteiger partial charge >= 0.3 is 0 Å². The first kappa shape index (κ1) is 22.3. The van der Waals surface area contributed by atoms with Gasteiger partial charge in [-0.1, -0.05) is 26.0 Å². The summed E-state index contributed by atoms with van der Waals surface area (Å²) in [5.74, 6) is 0.852. The zero-order valence-electron chi connectivity index (χ0n) is 18.0. The van der Waals surface area contributed by atoms with Crippen LogP contribution in [0.4, 0.5) is 5.69 Å². The van der Waals surface area contributed by atoms with E-state index in [1.807, 2.05) is 31.2 Å². The highest BCUT2D eigenvalue weighted by Crippen LogP contribution is 2.28. The molecule has 1 fully saturated rings. The standard InChI is InChI=1S/C23H30N2O4S/c1-16(2)18-5-7-20(8-6-18)24-23(26)19-11-13-25(14-12-19)30(27,28)21-9-10-22(29-4)17(3)15-21/h5-10,15-16,19H,11-14H2,1-4H3,(H,24,26). The lowest BCUT2D eigenvalue weighted by molar-refractivity contribution is -0.120. The molecular formula is C23H30N2O4S. The molecule has 0 spiro atoms. The van der Waals surface area contributed by atoms with Crippen molar-refractivity contribution in [3.63, 3.8) is 0 Å².